The average Bonchev–Trinajstić information content (AvgIpc) is 2.57. The Balaban J connectivity index is 1.55. The van der Waals surface area contributed by atoms with Gasteiger partial charge < -0.3 is 10.1 Å². The maximum absolute atomic E-state index is 12.8. The van der Waals surface area contributed by atoms with Crippen LogP contribution in [0.2, 0.25) is 5.02 Å². The van der Waals surface area contributed by atoms with Crippen LogP contribution in [0.3, 0.4) is 0 Å². The molecule has 3 nitrogen and oxygen atoms in total. The molecular weight excluding hydrogens is 360 g/mol. The normalized spacial score (nSPS) is 15.4. The van der Waals surface area contributed by atoms with Gasteiger partial charge in [0.15, 0.2) is 0 Å². The molecule has 138 valence electrons. The number of rotatable bonds is 7. The number of carbonyl (C=O) groups excluding carboxylic acids is 1. The Bertz CT molecular complexity index is 743. The van der Waals surface area contributed by atoms with Crippen LogP contribution in [-0.4, -0.2) is 19.1 Å². The van der Waals surface area contributed by atoms with E-state index in [1.54, 1.807) is 12.1 Å². The fourth-order valence-corrected chi connectivity index (χ4v) is 3.40. The van der Waals surface area contributed by atoms with Gasteiger partial charge in [0.2, 0.25) is 5.91 Å². The molecule has 2 aromatic rings. The summed E-state index contributed by atoms with van der Waals surface area (Å²) in [6.45, 7) is -2.34. The maximum atomic E-state index is 12.8. The van der Waals surface area contributed by atoms with E-state index in [9.17, 15) is 13.6 Å². The Hall–Kier alpha value is -2.14. The van der Waals surface area contributed by atoms with E-state index in [4.69, 9.17) is 11.6 Å². The minimum absolute atomic E-state index is 0.0312. The van der Waals surface area contributed by atoms with Gasteiger partial charge in [0.1, 0.15) is 5.75 Å². The molecule has 6 heteroatoms. The summed E-state index contributed by atoms with van der Waals surface area (Å²) in [5, 5.41) is 3.67. The first-order chi connectivity index (χ1) is 12.5. The van der Waals surface area contributed by atoms with E-state index in [0.29, 0.717) is 18.0 Å². The van der Waals surface area contributed by atoms with Gasteiger partial charge in [-0.2, -0.15) is 8.78 Å². The first kappa shape index (κ1) is 18.6. The molecular formula is C20H20ClF2NO2. The van der Waals surface area contributed by atoms with Gasteiger partial charge in [-0.3, -0.25) is 4.79 Å². The molecule has 1 fully saturated rings. The van der Waals surface area contributed by atoms with Crippen LogP contribution in [-0.2, 0) is 16.6 Å². The van der Waals surface area contributed by atoms with E-state index in [0.717, 1.165) is 30.4 Å². The predicted molar refractivity (Wildman–Crippen MR) is 96.8 cm³/mol. The summed E-state index contributed by atoms with van der Waals surface area (Å²) in [5.74, 6) is 0.160. The topological polar surface area (TPSA) is 38.3 Å². The first-order valence-electron chi connectivity index (χ1n) is 8.58. The van der Waals surface area contributed by atoms with Crippen molar-refractivity contribution in [2.45, 2.75) is 37.7 Å². The molecule has 1 saturated carbocycles. The van der Waals surface area contributed by atoms with Crippen molar-refractivity contribution in [1.82, 2.24) is 5.32 Å². The molecule has 0 aromatic heterocycles. The molecule has 0 heterocycles. The Labute approximate surface area is 156 Å². The molecule has 0 atom stereocenters. The number of alkyl halides is 2. The Morgan fingerprint density at radius 1 is 1.12 bits per heavy atom. The molecule has 0 spiro atoms. The van der Waals surface area contributed by atoms with Crippen LogP contribution in [0.25, 0.3) is 0 Å². The lowest BCUT2D eigenvalue weighted by Gasteiger charge is -2.40. The van der Waals surface area contributed by atoms with E-state index < -0.39 is 12.0 Å². The van der Waals surface area contributed by atoms with E-state index in [-0.39, 0.29) is 11.7 Å². The van der Waals surface area contributed by atoms with Gasteiger partial charge >= 0.3 is 6.61 Å². The van der Waals surface area contributed by atoms with Crippen LogP contribution in [0, 0.1) is 0 Å². The first-order valence-corrected chi connectivity index (χ1v) is 8.95. The number of carbonyl (C=O) groups is 1. The minimum atomic E-state index is -2.83. The molecule has 1 aliphatic carbocycles. The van der Waals surface area contributed by atoms with Crippen LogP contribution < -0.4 is 10.1 Å². The zero-order valence-electron chi connectivity index (χ0n) is 14.2. The summed E-state index contributed by atoms with van der Waals surface area (Å²) in [4.78, 5) is 12.8. The summed E-state index contributed by atoms with van der Waals surface area (Å²) in [6.07, 6.45) is 3.32. The molecule has 26 heavy (non-hydrogen) atoms. The van der Waals surface area contributed by atoms with Gasteiger partial charge in [-0.15, -0.1) is 0 Å². The molecule has 0 saturated heterocycles. The lowest BCUT2D eigenvalue weighted by atomic mass is 9.64. The third-order valence-corrected chi connectivity index (χ3v) is 5.14. The molecule has 2 aromatic carbocycles. The van der Waals surface area contributed by atoms with Gasteiger partial charge in [-0.1, -0.05) is 42.3 Å². The Morgan fingerprint density at radius 3 is 2.31 bits per heavy atom. The van der Waals surface area contributed by atoms with Crippen molar-refractivity contribution in [3.8, 4) is 5.75 Å². The summed E-state index contributed by atoms with van der Waals surface area (Å²) >= 11 is 5.94. The fraction of sp³-hybridized carbons (Fsp3) is 0.350. The SMILES string of the molecule is O=C(NCCc1ccc(OC(F)F)cc1)C1(c2ccc(Cl)cc2)CCC1. The van der Waals surface area contributed by atoms with Crippen molar-refractivity contribution in [2.75, 3.05) is 6.54 Å². The van der Waals surface area contributed by atoms with Crippen LogP contribution in [0.4, 0.5) is 8.78 Å². The Morgan fingerprint density at radius 2 is 1.77 bits per heavy atom. The second-order valence-electron chi connectivity index (χ2n) is 6.47. The third kappa shape index (κ3) is 4.15. The van der Waals surface area contributed by atoms with Gasteiger partial charge in [0, 0.05) is 11.6 Å². The van der Waals surface area contributed by atoms with E-state index in [1.165, 1.54) is 12.1 Å². The lowest BCUT2D eigenvalue weighted by molar-refractivity contribution is -0.129. The summed E-state index contributed by atoms with van der Waals surface area (Å²) < 4.78 is 28.6. The van der Waals surface area contributed by atoms with Gasteiger partial charge in [-0.25, -0.2) is 0 Å². The molecule has 1 N–H and O–H groups in total. The number of halogens is 3. The molecule has 1 amide bonds. The van der Waals surface area contributed by atoms with Crippen molar-refractivity contribution in [3.05, 3.63) is 64.7 Å². The average molecular weight is 380 g/mol. The van der Waals surface area contributed by atoms with Crippen LogP contribution in [0.1, 0.15) is 30.4 Å². The number of hydrogen-bond acceptors (Lipinski definition) is 2. The predicted octanol–water partition coefficient (Wildman–Crippen LogP) is 4.72. The highest BCUT2D eigenvalue weighted by Gasteiger charge is 2.45. The third-order valence-electron chi connectivity index (χ3n) is 4.89. The van der Waals surface area contributed by atoms with Gasteiger partial charge in [-0.05, 0) is 54.7 Å². The van der Waals surface area contributed by atoms with Gasteiger partial charge in [0.05, 0.1) is 5.41 Å². The number of hydrogen-bond donors (Lipinski definition) is 1. The van der Waals surface area contributed by atoms with E-state index in [2.05, 4.69) is 10.1 Å². The minimum Gasteiger partial charge on any atom is -0.435 e. The highest BCUT2D eigenvalue weighted by molar-refractivity contribution is 6.30. The summed E-state index contributed by atoms with van der Waals surface area (Å²) in [5.41, 5.74) is 1.49. The van der Waals surface area contributed by atoms with E-state index >= 15 is 0 Å². The largest absolute Gasteiger partial charge is 0.435 e. The monoisotopic (exact) mass is 379 g/mol. The lowest BCUT2D eigenvalue weighted by Crippen LogP contribution is -2.49. The Kier molecular flexibility index (Phi) is 5.77. The van der Waals surface area contributed by atoms with Gasteiger partial charge in [0.25, 0.3) is 0 Å². The van der Waals surface area contributed by atoms with Crippen LogP contribution >= 0.6 is 11.6 Å². The van der Waals surface area contributed by atoms with Crippen molar-refractivity contribution in [1.29, 1.82) is 0 Å². The standard InChI is InChI=1S/C20H20ClF2NO2/c21-16-6-4-15(5-7-16)20(11-1-12-20)18(25)24-13-10-14-2-8-17(9-3-14)26-19(22)23/h2-9,19H,1,10-13H2,(H,24,25). The van der Waals surface area contributed by atoms with Crippen LogP contribution in [0.5, 0.6) is 5.75 Å². The number of amides is 1. The molecule has 0 unspecified atom stereocenters. The molecule has 0 radical (unpaired) electrons. The number of nitrogens with one attached hydrogen (secondary N) is 1. The smallest absolute Gasteiger partial charge is 0.387 e. The van der Waals surface area contributed by atoms with E-state index in [1.807, 2.05) is 24.3 Å². The van der Waals surface area contributed by atoms with Crippen molar-refractivity contribution < 1.29 is 18.3 Å². The molecule has 3 rings (SSSR count). The van der Waals surface area contributed by atoms with Crippen LogP contribution in [0.15, 0.2) is 48.5 Å². The second kappa shape index (κ2) is 8.04. The quantitative estimate of drug-likeness (QED) is 0.755. The summed E-state index contributed by atoms with van der Waals surface area (Å²) in [6, 6.07) is 13.9. The highest BCUT2D eigenvalue weighted by Crippen LogP contribution is 2.44. The van der Waals surface area contributed by atoms with Crippen molar-refractivity contribution >= 4 is 17.5 Å². The van der Waals surface area contributed by atoms with Crippen molar-refractivity contribution in [2.24, 2.45) is 0 Å². The molecule has 1 aliphatic rings. The second-order valence-corrected chi connectivity index (χ2v) is 6.91. The fourth-order valence-electron chi connectivity index (χ4n) is 3.27. The zero-order valence-corrected chi connectivity index (χ0v) is 14.9. The summed E-state index contributed by atoms with van der Waals surface area (Å²) in [7, 11) is 0. The highest BCUT2D eigenvalue weighted by atomic mass is 35.5. The number of ether oxygens (including phenoxy) is 1. The molecule has 0 aliphatic heterocycles. The molecule has 0 bridgehead atoms. The maximum Gasteiger partial charge on any atom is 0.387 e. The zero-order chi connectivity index (χ0) is 18.6. The number of benzene rings is 2. The van der Waals surface area contributed by atoms with Crippen molar-refractivity contribution in [3.63, 3.8) is 0 Å².